The third-order valence-corrected chi connectivity index (χ3v) is 3.52. The highest BCUT2D eigenvalue weighted by Gasteiger charge is 2.21. The van der Waals surface area contributed by atoms with Gasteiger partial charge in [-0.1, -0.05) is 33.8 Å². The average molecular weight is 351 g/mol. The van der Waals surface area contributed by atoms with Gasteiger partial charge in [-0.05, 0) is 36.0 Å². The van der Waals surface area contributed by atoms with Crippen LogP contribution in [0.2, 0.25) is 0 Å². The van der Waals surface area contributed by atoms with Gasteiger partial charge in [-0.3, -0.25) is 10.1 Å². The van der Waals surface area contributed by atoms with Gasteiger partial charge in [-0.2, -0.15) is 0 Å². The van der Waals surface area contributed by atoms with Crippen LogP contribution in [0.25, 0.3) is 0 Å². The highest BCUT2D eigenvalue weighted by Crippen LogP contribution is 2.33. The molecular formula is C18H25NO6. The quantitative estimate of drug-likeness (QED) is 0.764. The maximum absolute atomic E-state index is 12.3. The Morgan fingerprint density at radius 3 is 2.24 bits per heavy atom. The molecule has 0 radical (unpaired) electrons. The predicted molar refractivity (Wildman–Crippen MR) is 91.7 cm³/mol. The molecule has 0 atom stereocenters. The lowest BCUT2D eigenvalue weighted by Gasteiger charge is -2.16. The van der Waals surface area contributed by atoms with Gasteiger partial charge in [0.25, 0.3) is 5.91 Å². The van der Waals surface area contributed by atoms with Crippen molar-refractivity contribution in [3.63, 3.8) is 0 Å². The smallest absolute Gasteiger partial charge is 0.413 e. The number of hydrogen-bond acceptors (Lipinski definition) is 6. The largest absolute Gasteiger partial charge is 0.507 e. The second kappa shape index (κ2) is 9.05. The highest BCUT2D eigenvalue weighted by atomic mass is 16.6. The first-order valence-corrected chi connectivity index (χ1v) is 8.17. The molecular weight excluding hydrogens is 326 g/mol. The Morgan fingerprint density at radius 1 is 1.08 bits per heavy atom. The van der Waals surface area contributed by atoms with Gasteiger partial charge in [0.2, 0.25) is 0 Å². The van der Waals surface area contributed by atoms with Gasteiger partial charge >= 0.3 is 12.1 Å². The molecule has 0 aliphatic heterocycles. The number of imide groups is 1. The monoisotopic (exact) mass is 351 g/mol. The Morgan fingerprint density at radius 2 is 1.72 bits per heavy atom. The Bertz CT molecular complexity index is 651. The van der Waals surface area contributed by atoms with E-state index in [-0.39, 0.29) is 29.8 Å². The van der Waals surface area contributed by atoms with Gasteiger partial charge in [0.05, 0.1) is 6.61 Å². The molecule has 0 fully saturated rings. The summed E-state index contributed by atoms with van der Waals surface area (Å²) in [5.74, 6) is -1.64. The summed E-state index contributed by atoms with van der Waals surface area (Å²) in [6.45, 7) is 8.81. The van der Waals surface area contributed by atoms with Gasteiger partial charge < -0.3 is 14.6 Å². The molecule has 0 unspecified atom stereocenters. The second-order valence-corrected chi connectivity index (χ2v) is 6.16. The van der Waals surface area contributed by atoms with Crippen molar-refractivity contribution in [2.75, 3.05) is 13.2 Å². The number of rotatable bonds is 6. The molecule has 7 nitrogen and oxygen atoms in total. The van der Waals surface area contributed by atoms with Gasteiger partial charge in [0.1, 0.15) is 11.3 Å². The normalized spacial score (nSPS) is 10.7. The molecule has 0 heterocycles. The first kappa shape index (κ1) is 20.5. The molecule has 7 heteroatoms. The summed E-state index contributed by atoms with van der Waals surface area (Å²) in [5, 5.41) is 12.3. The van der Waals surface area contributed by atoms with Crippen molar-refractivity contribution < 1.29 is 29.0 Å². The number of phenolic OH excluding ortho intramolecular Hbond substituents is 1. The van der Waals surface area contributed by atoms with Crippen LogP contribution < -0.4 is 5.32 Å². The Balaban J connectivity index is 2.90. The Kier molecular flexibility index (Phi) is 7.42. The first-order valence-electron chi connectivity index (χ1n) is 8.17. The summed E-state index contributed by atoms with van der Waals surface area (Å²) in [6.07, 6.45) is -0.907. The molecule has 0 aliphatic carbocycles. The number of phenols is 1. The number of carbonyl (C=O) groups excluding carboxylic acids is 3. The molecule has 1 rings (SSSR count). The minimum absolute atomic E-state index is 0.00108. The van der Waals surface area contributed by atoms with E-state index >= 15 is 0 Å². The molecule has 0 saturated heterocycles. The number of alkyl carbamates (subject to hydrolysis) is 1. The fourth-order valence-corrected chi connectivity index (χ4v) is 2.14. The van der Waals surface area contributed by atoms with Crippen LogP contribution in [0.5, 0.6) is 5.75 Å². The zero-order valence-electron chi connectivity index (χ0n) is 15.2. The number of carbonyl (C=O) groups is 3. The van der Waals surface area contributed by atoms with E-state index in [1.807, 2.05) is 39.1 Å². The van der Waals surface area contributed by atoms with E-state index in [1.165, 1.54) is 0 Å². The highest BCUT2D eigenvalue weighted by molar-refractivity contribution is 5.97. The predicted octanol–water partition coefficient (Wildman–Crippen LogP) is 3.07. The maximum Gasteiger partial charge on any atom is 0.413 e. The minimum atomic E-state index is -0.907. The molecule has 1 aromatic carbocycles. The molecule has 0 aromatic heterocycles. The van der Waals surface area contributed by atoms with Crippen LogP contribution in [0.1, 0.15) is 67.9 Å². The molecule has 2 amide bonds. The minimum Gasteiger partial charge on any atom is -0.507 e. The Hall–Kier alpha value is -2.57. The van der Waals surface area contributed by atoms with Crippen LogP contribution in [-0.2, 0) is 14.3 Å². The third kappa shape index (κ3) is 5.77. The van der Waals surface area contributed by atoms with Crippen molar-refractivity contribution in [2.45, 2.75) is 46.5 Å². The molecule has 0 bridgehead atoms. The van der Waals surface area contributed by atoms with E-state index in [2.05, 4.69) is 4.74 Å². The maximum atomic E-state index is 12.3. The zero-order chi connectivity index (χ0) is 19.1. The fourth-order valence-electron chi connectivity index (χ4n) is 2.14. The second-order valence-electron chi connectivity index (χ2n) is 6.16. The summed E-state index contributed by atoms with van der Waals surface area (Å²) in [5.41, 5.74) is 1.51. The van der Waals surface area contributed by atoms with E-state index in [1.54, 1.807) is 13.0 Å². The van der Waals surface area contributed by atoms with Crippen molar-refractivity contribution in [1.82, 2.24) is 5.32 Å². The molecule has 25 heavy (non-hydrogen) atoms. The van der Waals surface area contributed by atoms with Crippen molar-refractivity contribution in [1.29, 1.82) is 0 Å². The van der Waals surface area contributed by atoms with Crippen LogP contribution in [0.15, 0.2) is 12.1 Å². The zero-order valence-corrected chi connectivity index (χ0v) is 15.2. The van der Waals surface area contributed by atoms with E-state index in [0.29, 0.717) is 5.56 Å². The number of hydrogen-bond donors (Lipinski definition) is 2. The molecule has 1 aromatic rings. The fraction of sp³-hybridized carbons (Fsp3) is 0.500. The Labute approximate surface area is 147 Å². The van der Waals surface area contributed by atoms with Crippen molar-refractivity contribution in [2.24, 2.45) is 0 Å². The van der Waals surface area contributed by atoms with Crippen molar-refractivity contribution in [3.8, 4) is 5.75 Å². The molecule has 0 aliphatic rings. The van der Waals surface area contributed by atoms with E-state index in [4.69, 9.17) is 4.74 Å². The van der Waals surface area contributed by atoms with Crippen LogP contribution in [0.4, 0.5) is 4.79 Å². The summed E-state index contributed by atoms with van der Waals surface area (Å²) in [4.78, 5) is 34.9. The topological polar surface area (TPSA) is 102 Å². The number of ether oxygens (including phenoxy) is 2. The number of aromatic hydroxyl groups is 1. The number of esters is 1. The number of amides is 2. The lowest BCUT2D eigenvalue weighted by molar-refractivity contribution is -0.123. The van der Waals surface area contributed by atoms with Crippen LogP contribution in [0, 0.1) is 0 Å². The van der Waals surface area contributed by atoms with Crippen LogP contribution in [-0.4, -0.2) is 36.3 Å². The summed E-state index contributed by atoms with van der Waals surface area (Å²) in [6, 6.07) is 3.41. The standard InChI is InChI=1S/C18H25NO6/c1-6-24-18(23)19-15(20)9-25-17(22)14-8-12(10(2)3)7-13(11(4)5)16(14)21/h7-8,10-11,21H,6,9H2,1-5H3,(H,19,20,23). The van der Waals surface area contributed by atoms with Gasteiger partial charge in [0, 0.05) is 0 Å². The van der Waals surface area contributed by atoms with Gasteiger partial charge in [0.15, 0.2) is 6.61 Å². The van der Waals surface area contributed by atoms with Crippen molar-refractivity contribution >= 4 is 18.0 Å². The number of benzene rings is 1. The summed E-state index contributed by atoms with van der Waals surface area (Å²) >= 11 is 0. The molecule has 2 N–H and O–H groups in total. The van der Waals surface area contributed by atoms with Crippen molar-refractivity contribution in [3.05, 3.63) is 28.8 Å². The van der Waals surface area contributed by atoms with E-state index in [0.717, 1.165) is 5.56 Å². The lowest BCUT2D eigenvalue weighted by Crippen LogP contribution is -2.34. The third-order valence-electron chi connectivity index (χ3n) is 3.52. The molecule has 138 valence electrons. The lowest BCUT2D eigenvalue weighted by atomic mass is 9.92. The van der Waals surface area contributed by atoms with Gasteiger partial charge in [-0.25, -0.2) is 9.59 Å². The summed E-state index contributed by atoms with van der Waals surface area (Å²) in [7, 11) is 0. The molecule has 0 saturated carbocycles. The number of nitrogens with one attached hydrogen (secondary N) is 1. The average Bonchev–Trinajstić information content (AvgIpc) is 2.52. The summed E-state index contributed by atoms with van der Waals surface area (Å²) < 4.78 is 9.46. The van der Waals surface area contributed by atoms with Gasteiger partial charge in [-0.15, -0.1) is 0 Å². The SMILES string of the molecule is CCOC(=O)NC(=O)COC(=O)c1cc(C(C)C)cc(C(C)C)c1O. The van der Waals surface area contributed by atoms with Crippen LogP contribution >= 0.6 is 0 Å². The van der Waals surface area contributed by atoms with E-state index in [9.17, 15) is 19.5 Å². The van der Waals surface area contributed by atoms with Crippen LogP contribution in [0.3, 0.4) is 0 Å². The molecule has 0 spiro atoms. The first-order chi connectivity index (χ1) is 11.7. The van der Waals surface area contributed by atoms with E-state index < -0.39 is 24.6 Å².